The van der Waals surface area contributed by atoms with Gasteiger partial charge < -0.3 is 19.7 Å². The number of aromatic nitrogens is 1. The van der Waals surface area contributed by atoms with Crippen LogP contribution in [0.5, 0.6) is 0 Å². The van der Waals surface area contributed by atoms with E-state index in [4.69, 9.17) is 0 Å². The maximum atomic E-state index is 12.9. The second-order valence-corrected chi connectivity index (χ2v) is 7.33. The van der Waals surface area contributed by atoms with Crippen molar-refractivity contribution < 1.29 is 14.4 Å². The van der Waals surface area contributed by atoms with Crippen LogP contribution in [0.25, 0.3) is 0 Å². The summed E-state index contributed by atoms with van der Waals surface area (Å²) in [5.74, 6) is -0.131. The van der Waals surface area contributed by atoms with Crippen molar-refractivity contribution in [3.05, 3.63) is 23.0 Å². The van der Waals surface area contributed by atoms with Gasteiger partial charge in [0.1, 0.15) is 5.69 Å². The predicted octanol–water partition coefficient (Wildman–Crippen LogP) is 0.280. The first-order chi connectivity index (χ1) is 12.0. The zero-order chi connectivity index (χ0) is 17.7. The Balaban J connectivity index is 1.48. The average molecular weight is 344 g/mol. The highest BCUT2D eigenvalue weighted by Gasteiger charge is 2.43. The molecule has 4 rings (SSSR count). The number of fused-ring (bicyclic) bond motifs is 1. The summed E-state index contributed by atoms with van der Waals surface area (Å²) in [6, 6.07) is 2.30. The van der Waals surface area contributed by atoms with Gasteiger partial charge in [0.25, 0.3) is 5.91 Å². The summed E-state index contributed by atoms with van der Waals surface area (Å²) in [5, 5.41) is 2.65. The van der Waals surface area contributed by atoms with Gasteiger partial charge in [0.2, 0.25) is 11.8 Å². The molecule has 0 radical (unpaired) electrons. The molecule has 3 amide bonds. The van der Waals surface area contributed by atoms with Crippen molar-refractivity contribution in [2.75, 3.05) is 20.1 Å². The first kappa shape index (κ1) is 16.2. The first-order valence-electron chi connectivity index (χ1n) is 8.97. The van der Waals surface area contributed by atoms with Gasteiger partial charge in [-0.25, -0.2) is 0 Å². The number of hydrogen-bond donors (Lipinski definition) is 1. The maximum Gasteiger partial charge on any atom is 0.267 e. The van der Waals surface area contributed by atoms with Gasteiger partial charge in [-0.1, -0.05) is 0 Å². The van der Waals surface area contributed by atoms with E-state index in [9.17, 15) is 14.4 Å². The zero-order valence-electron chi connectivity index (χ0n) is 14.7. The molecule has 25 heavy (non-hydrogen) atoms. The Bertz CT molecular complexity index is 750. The largest absolute Gasteiger partial charge is 0.354 e. The smallest absolute Gasteiger partial charge is 0.267 e. The van der Waals surface area contributed by atoms with Crippen LogP contribution < -0.4 is 5.32 Å². The van der Waals surface area contributed by atoms with Crippen molar-refractivity contribution in [1.82, 2.24) is 19.7 Å². The molecular weight excluding hydrogens is 320 g/mol. The Labute approximate surface area is 146 Å². The van der Waals surface area contributed by atoms with E-state index in [-0.39, 0.29) is 23.6 Å². The summed E-state index contributed by atoms with van der Waals surface area (Å²) in [5.41, 5.74) is 2.77. The van der Waals surface area contributed by atoms with Crippen LogP contribution in [-0.2, 0) is 29.6 Å². The van der Waals surface area contributed by atoms with Gasteiger partial charge in [0.15, 0.2) is 0 Å². The maximum absolute atomic E-state index is 12.9. The lowest BCUT2D eigenvalue weighted by molar-refractivity contribution is -0.136. The van der Waals surface area contributed by atoms with Crippen LogP contribution >= 0.6 is 0 Å². The molecule has 7 nitrogen and oxygen atoms in total. The van der Waals surface area contributed by atoms with E-state index in [2.05, 4.69) is 5.32 Å². The fourth-order valence-electron chi connectivity index (χ4n) is 4.07. The second-order valence-electron chi connectivity index (χ2n) is 7.33. The summed E-state index contributed by atoms with van der Waals surface area (Å²) in [7, 11) is 3.48. The van der Waals surface area contributed by atoms with Crippen LogP contribution in [0.2, 0.25) is 0 Å². The van der Waals surface area contributed by atoms with E-state index < -0.39 is 0 Å². The minimum atomic E-state index is -0.215. The Morgan fingerprint density at radius 1 is 1.28 bits per heavy atom. The summed E-state index contributed by atoms with van der Waals surface area (Å²) >= 11 is 0. The number of rotatable bonds is 3. The predicted molar refractivity (Wildman–Crippen MR) is 90.8 cm³/mol. The van der Waals surface area contributed by atoms with Crippen molar-refractivity contribution in [3.8, 4) is 0 Å². The van der Waals surface area contributed by atoms with Gasteiger partial charge >= 0.3 is 0 Å². The van der Waals surface area contributed by atoms with Crippen LogP contribution in [0.15, 0.2) is 6.07 Å². The molecule has 1 N–H and O–H groups in total. The van der Waals surface area contributed by atoms with Crippen LogP contribution in [0.4, 0.5) is 0 Å². The summed E-state index contributed by atoms with van der Waals surface area (Å²) in [6.07, 6.45) is 3.24. The highest BCUT2D eigenvalue weighted by Crippen LogP contribution is 2.34. The van der Waals surface area contributed by atoms with Gasteiger partial charge in [-0.2, -0.15) is 0 Å². The normalized spacial score (nSPS) is 23.0. The third kappa shape index (κ3) is 2.71. The van der Waals surface area contributed by atoms with Gasteiger partial charge in [-0.3, -0.25) is 14.4 Å². The standard InChI is InChI=1S/C18H24N4O3/c1-19-17(24)14-7-11-5-6-21(10-15(11)20(14)2)18(25)12-8-16(23)22(9-12)13-3-4-13/h7,12-13H,3-6,8-10H2,1-2H3,(H,19,24). The Morgan fingerprint density at radius 2 is 2.04 bits per heavy atom. The van der Waals surface area contributed by atoms with Crippen molar-refractivity contribution in [3.63, 3.8) is 0 Å². The molecule has 1 aromatic rings. The molecule has 1 aromatic heterocycles. The number of nitrogens with one attached hydrogen (secondary N) is 1. The molecule has 1 saturated heterocycles. The molecule has 3 heterocycles. The molecule has 1 unspecified atom stereocenters. The van der Waals surface area contributed by atoms with Crippen molar-refractivity contribution in [1.29, 1.82) is 0 Å². The Kier molecular flexibility index (Phi) is 3.81. The van der Waals surface area contributed by atoms with E-state index in [0.717, 1.165) is 30.5 Å². The molecule has 1 saturated carbocycles. The lowest BCUT2D eigenvalue weighted by Crippen LogP contribution is -2.41. The lowest BCUT2D eigenvalue weighted by atomic mass is 10.0. The number of hydrogen-bond acceptors (Lipinski definition) is 3. The third-order valence-electron chi connectivity index (χ3n) is 5.71. The molecule has 7 heteroatoms. The quantitative estimate of drug-likeness (QED) is 0.856. The number of carbonyl (C=O) groups excluding carboxylic acids is 3. The van der Waals surface area contributed by atoms with Gasteiger partial charge in [0.05, 0.1) is 12.5 Å². The molecule has 1 aliphatic carbocycles. The molecule has 0 aromatic carbocycles. The molecule has 1 atom stereocenters. The van der Waals surface area contributed by atoms with Gasteiger partial charge in [-0.15, -0.1) is 0 Å². The van der Waals surface area contributed by atoms with Crippen molar-refractivity contribution >= 4 is 17.7 Å². The average Bonchev–Trinajstić information content (AvgIpc) is 3.31. The zero-order valence-corrected chi connectivity index (χ0v) is 14.7. The summed E-state index contributed by atoms with van der Waals surface area (Å²) in [4.78, 5) is 40.7. The highest BCUT2D eigenvalue weighted by molar-refractivity contribution is 5.93. The fraction of sp³-hybridized carbons (Fsp3) is 0.611. The number of nitrogens with zero attached hydrogens (tertiary/aromatic N) is 3. The van der Waals surface area contributed by atoms with Crippen LogP contribution in [0.1, 0.15) is 41.0 Å². The van der Waals surface area contributed by atoms with Crippen molar-refractivity contribution in [2.45, 2.75) is 38.3 Å². The Morgan fingerprint density at radius 3 is 2.72 bits per heavy atom. The van der Waals surface area contributed by atoms with Gasteiger partial charge in [-0.05, 0) is 30.9 Å². The van der Waals surface area contributed by atoms with E-state index in [1.165, 1.54) is 0 Å². The van der Waals surface area contributed by atoms with Gasteiger partial charge in [0, 0.05) is 45.3 Å². The van der Waals surface area contributed by atoms with Crippen molar-refractivity contribution in [2.24, 2.45) is 13.0 Å². The SMILES string of the molecule is CNC(=O)c1cc2c(n1C)CN(C(=O)C1CC(=O)N(C3CC3)C1)CC2. The fourth-order valence-corrected chi connectivity index (χ4v) is 4.07. The summed E-state index contributed by atoms with van der Waals surface area (Å²) in [6.45, 7) is 1.73. The molecule has 0 bridgehead atoms. The topological polar surface area (TPSA) is 74.6 Å². The molecule has 0 spiro atoms. The van der Waals surface area contributed by atoms with E-state index in [1.54, 1.807) is 7.05 Å². The monoisotopic (exact) mass is 344 g/mol. The number of amides is 3. The molecule has 134 valence electrons. The van der Waals surface area contributed by atoms with E-state index >= 15 is 0 Å². The lowest BCUT2D eigenvalue weighted by Gasteiger charge is -2.30. The minimum Gasteiger partial charge on any atom is -0.354 e. The highest BCUT2D eigenvalue weighted by atomic mass is 16.2. The van der Waals surface area contributed by atoms with Crippen LogP contribution in [0, 0.1) is 5.92 Å². The minimum absolute atomic E-state index is 0.0739. The number of carbonyl (C=O) groups is 3. The van der Waals surface area contributed by atoms with Crippen LogP contribution in [0.3, 0.4) is 0 Å². The molecular formula is C18H24N4O3. The van der Waals surface area contributed by atoms with Crippen LogP contribution in [-0.4, -0.2) is 58.3 Å². The number of likely N-dealkylation sites (tertiary alicyclic amines) is 1. The van der Waals surface area contributed by atoms with E-state index in [1.807, 2.05) is 27.5 Å². The molecule has 2 fully saturated rings. The van der Waals surface area contributed by atoms with E-state index in [0.29, 0.717) is 37.8 Å². The summed E-state index contributed by atoms with van der Waals surface area (Å²) < 4.78 is 1.88. The second kappa shape index (κ2) is 5.89. The first-order valence-corrected chi connectivity index (χ1v) is 8.97. The Hall–Kier alpha value is -2.31. The third-order valence-corrected chi connectivity index (χ3v) is 5.71. The molecule has 3 aliphatic rings. The molecule has 2 aliphatic heterocycles.